The minimum absolute atomic E-state index is 0.0720. The minimum Gasteiger partial charge on any atom is -0.492 e. The number of hydrogen-bond donors (Lipinski definition) is 0. The quantitative estimate of drug-likeness (QED) is 0.683. The van der Waals surface area contributed by atoms with Gasteiger partial charge in [0.1, 0.15) is 0 Å². The topological polar surface area (TPSA) is 84.8 Å². The number of esters is 1. The molecule has 0 aromatic heterocycles. The van der Waals surface area contributed by atoms with Crippen LogP contribution in [0.15, 0.2) is 9.63 Å². The number of rotatable bonds is 5. The van der Waals surface area contributed by atoms with Crippen LogP contribution in [0.4, 0.5) is 0 Å². The first kappa shape index (κ1) is 17.7. The number of oxime groups is 1. The summed E-state index contributed by atoms with van der Waals surface area (Å²) in [7, 11) is 3.03. The van der Waals surface area contributed by atoms with Crippen molar-refractivity contribution in [1.82, 2.24) is 0 Å². The molecular weight excluding hydrogens is 398 g/mol. The predicted molar refractivity (Wildman–Crippen MR) is 90.4 cm³/mol. The molecule has 0 spiro atoms. The van der Waals surface area contributed by atoms with Crippen molar-refractivity contribution < 1.29 is 33.3 Å². The summed E-state index contributed by atoms with van der Waals surface area (Å²) >= 11 is 3.52. The van der Waals surface area contributed by atoms with Crippen molar-refractivity contribution in [2.45, 2.75) is 20.0 Å². The molecule has 2 aliphatic rings. The van der Waals surface area contributed by atoms with E-state index in [0.29, 0.717) is 33.0 Å². The highest BCUT2D eigenvalue weighted by molar-refractivity contribution is 9.10. The maximum atomic E-state index is 12.0. The van der Waals surface area contributed by atoms with Crippen molar-refractivity contribution in [3.63, 3.8) is 0 Å². The average molecular weight is 416 g/mol. The second-order valence-corrected chi connectivity index (χ2v) is 6.16. The summed E-state index contributed by atoms with van der Waals surface area (Å²) in [6, 6.07) is 0. The molecule has 1 aromatic carbocycles. The summed E-state index contributed by atoms with van der Waals surface area (Å²) < 4.78 is 27.6. The Labute approximate surface area is 153 Å². The van der Waals surface area contributed by atoms with Gasteiger partial charge in [0, 0.05) is 0 Å². The maximum Gasteiger partial charge on any atom is 0.356 e. The second kappa shape index (κ2) is 6.99. The third kappa shape index (κ3) is 2.76. The van der Waals surface area contributed by atoms with Crippen molar-refractivity contribution in [3.8, 4) is 23.0 Å². The molecule has 2 atom stereocenters. The maximum absolute atomic E-state index is 12.0. The van der Waals surface area contributed by atoms with Crippen molar-refractivity contribution >= 4 is 27.6 Å². The molecule has 136 valence electrons. The molecule has 0 saturated heterocycles. The number of carbonyl (C=O) groups is 1. The lowest BCUT2D eigenvalue weighted by Crippen LogP contribution is -2.24. The first-order valence-corrected chi connectivity index (χ1v) is 8.48. The molecule has 9 heteroatoms. The zero-order valence-electron chi connectivity index (χ0n) is 14.3. The van der Waals surface area contributed by atoms with Crippen molar-refractivity contribution in [3.05, 3.63) is 10.0 Å². The normalized spacial score (nSPS) is 20.8. The molecule has 0 aliphatic carbocycles. The van der Waals surface area contributed by atoms with Gasteiger partial charge in [-0.1, -0.05) is 12.1 Å². The van der Waals surface area contributed by atoms with E-state index in [0.717, 1.165) is 0 Å². The standard InChI is InChI=1S/C16H18BrNO7/c1-5-22-16(19)10-7(2)11(25-18-10)8-9(17)13-15(24-6-23-13)14(21-4)12(8)20-3/h7,11H,5-6H2,1-4H3/t7-,11+/m1/s1. The Morgan fingerprint density at radius 1 is 1.24 bits per heavy atom. The lowest BCUT2D eigenvalue weighted by atomic mass is 9.92. The molecule has 0 N–H and O–H groups in total. The molecule has 8 nitrogen and oxygen atoms in total. The van der Waals surface area contributed by atoms with E-state index in [-0.39, 0.29) is 25.0 Å². The van der Waals surface area contributed by atoms with Crippen LogP contribution in [0.3, 0.4) is 0 Å². The van der Waals surface area contributed by atoms with Gasteiger partial charge < -0.3 is 28.5 Å². The summed E-state index contributed by atoms with van der Waals surface area (Å²) in [5, 5.41) is 3.91. The van der Waals surface area contributed by atoms with E-state index in [1.807, 2.05) is 6.92 Å². The molecular formula is C16H18BrNO7. The van der Waals surface area contributed by atoms with Gasteiger partial charge in [-0.15, -0.1) is 0 Å². The smallest absolute Gasteiger partial charge is 0.356 e. The molecule has 2 heterocycles. The molecule has 25 heavy (non-hydrogen) atoms. The van der Waals surface area contributed by atoms with E-state index in [4.69, 9.17) is 28.5 Å². The fourth-order valence-corrected chi connectivity index (χ4v) is 3.56. The number of hydrogen-bond acceptors (Lipinski definition) is 8. The molecule has 3 rings (SSSR count). The lowest BCUT2D eigenvalue weighted by Gasteiger charge is -2.22. The monoisotopic (exact) mass is 415 g/mol. The van der Waals surface area contributed by atoms with Crippen molar-refractivity contribution in [2.24, 2.45) is 11.1 Å². The van der Waals surface area contributed by atoms with Gasteiger partial charge in [-0.25, -0.2) is 4.79 Å². The molecule has 0 unspecified atom stereocenters. The molecule has 0 fully saturated rings. The number of carbonyl (C=O) groups excluding carboxylic acids is 1. The Hall–Kier alpha value is -2.16. The molecule has 0 bridgehead atoms. The van der Waals surface area contributed by atoms with Gasteiger partial charge >= 0.3 is 5.97 Å². The fourth-order valence-electron chi connectivity index (χ4n) is 2.86. The van der Waals surface area contributed by atoms with Gasteiger partial charge in [-0.3, -0.25) is 0 Å². The zero-order valence-corrected chi connectivity index (χ0v) is 15.8. The summed E-state index contributed by atoms with van der Waals surface area (Å²) in [5.41, 5.74) is 0.844. The Morgan fingerprint density at radius 2 is 1.92 bits per heavy atom. The van der Waals surface area contributed by atoms with E-state index in [9.17, 15) is 4.79 Å². The molecule has 1 aromatic rings. The van der Waals surface area contributed by atoms with Crippen molar-refractivity contribution in [2.75, 3.05) is 27.6 Å². The van der Waals surface area contributed by atoms with E-state index >= 15 is 0 Å². The Morgan fingerprint density at radius 3 is 2.56 bits per heavy atom. The van der Waals surface area contributed by atoms with Crippen LogP contribution < -0.4 is 18.9 Å². The largest absolute Gasteiger partial charge is 0.492 e. The minimum atomic E-state index is -0.577. The molecule has 0 radical (unpaired) electrons. The first-order chi connectivity index (χ1) is 12.0. The summed E-state index contributed by atoms with van der Waals surface area (Å²) in [5.74, 6) is 0.916. The number of fused-ring (bicyclic) bond motifs is 1. The Bertz CT molecular complexity index is 734. The van der Waals surface area contributed by atoms with Crippen LogP contribution in [0.5, 0.6) is 23.0 Å². The van der Waals surface area contributed by atoms with Crippen LogP contribution in [0, 0.1) is 5.92 Å². The van der Waals surface area contributed by atoms with Gasteiger partial charge in [0.2, 0.25) is 18.3 Å². The van der Waals surface area contributed by atoms with Crippen LogP contribution in [0.25, 0.3) is 0 Å². The Balaban J connectivity index is 2.05. The van der Waals surface area contributed by atoms with Gasteiger partial charge in [0.05, 0.1) is 36.8 Å². The SMILES string of the molecule is CCOC(=O)C1=NO[C@H](c2c(Br)c3c(c(OC)c2OC)OCO3)[C@@H]1C. The van der Waals surface area contributed by atoms with Crippen LogP contribution in [0.1, 0.15) is 25.5 Å². The molecule has 0 amide bonds. The number of benzene rings is 1. The van der Waals surface area contributed by atoms with Gasteiger partial charge in [0.15, 0.2) is 23.3 Å². The van der Waals surface area contributed by atoms with Crippen LogP contribution in [-0.2, 0) is 14.4 Å². The summed E-state index contributed by atoms with van der Waals surface area (Å²) in [6.07, 6.45) is -0.577. The highest BCUT2D eigenvalue weighted by Crippen LogP contribution is 2.57. The Kier molecular flexibility index (Phi) is 4.94. The number of ether oxygens (including phenoxy) is 5. The van der Waals surface area contributed by atoms with Gasteiger partial charge in [0.25, 0.3) is 0 Å². The lowest BCUT2D eigenvalue weighted by molar-refractivity contribution is -0.135. The third-order valence-corrected chi connectivity index (χ3v) is 4.82. The highest BCUT2D eigenvalue weighted by atomic mass is 79.9. The van der Waals surface area contributed by atoms with Crippen LogP contribution in [-0.4, -0.2) is 39.3 Å². The highest BCUT2D eigenvalue weighted by Gasteiger charge is 2.42. The van der Waals surface area contributed by atoms with Crippen molar-refractivity contribution in [1.29, 1.82) is 0 Å². The molecule has 0 saturated carbocycles. The average Bonchev–Trinajstić information content (AvgIpc) is 3.22. The van der Waals surface area contributed by atoms with E-state index in [2.05, 4.69) is 21.1 Å². The first-order valence-electron chi connectivity index (χ1n) is 7.68. The predicted octanol–water partition coefficient (Wildman–Crippen LogP) is 2.82. The number of methoxy groups -OCH3 is 2. The van der Waals surface area contributed by atoms with Gasteiger partial charge in [-0.2, -0.15) is 0 Å². The van der Waals surface area contributed by atoms with Gasteiger partial charge in [-0.05, 0) is 22.9 Å². The zero-order chi connectivity index (χ0) is 18.1. The summed E-state index contributed by atoms with van der Waals surface area (Å²) in [6.45, 7) is 3.90. The van der Waals surface area contributed by atoms with E-state index in [1.54, 1.807) is 6.92 Å². The van der Waals surface area contributed by atoms with E-state index < -0.39 is 12.1 Å². The number of halogens is 1. The van der Waals surface area contributed by atoms with E-state index in [1.165, 1.54) is 14.2 Å². The summed E-state index contributed by atoms with van der Waals surface area (Å²) in [4.78, 5) is 17.6. The van der Waals surface area contributed by atoms with Crippen LogP contribution in [0.2, 0.25) is 0 Å². The number of nitrogens with zero attached hydrogens (tertiary/aromatic N) is 1. The van der Waals surface area contributed by atoms with Crippen LogP contribution >= 0.6 is 15.9 Å². The second-order valence-electron chi connectivity index (χ2n) is 5.37. The fraction of sp³-hybridized carbons (Fsp3) is 0.500. The third-order valence-electron chi connectivity index (χ3n) is 4.03. The molecule has 2 aliphatic heterocycles.